The molecule has 0 spiro atoms. The number of aliphatic hydroxyl groups excluding tert-OH is 1. The summed E-state index contributed by atoms with van der Waals surface area (Å²) in [4.78, 5) is 0. The Morgan fingerprint density at radius 1 is 1.18 bits per heavy atom. The van der Waals surface area contributed by atoms with Crippen molar-refractivity contribution in [3.63, 3.8) is 0 Å². The van der Waals surface area contributed by atoms with Gasteiger partial charge in [0.05, 0.1) is 6.04 Å². The van der Waals surface area contributed by atoms with Gasteiger partial charge in [-0.2, -0.15) is 0 Å². The minimum atomic E-state index is -0.343. The molecular weight excluding hydrogens is 210 g/mol. The van der Waals surface area contributed by atoms with E-state index in [0.29, 0.717) is 6.04 Å². The highest BCUT2D eigenvalue weighted by Gasteiger charge is 2.11. The molecule has 0 saturated heterocycles. The van der Waals surface area contributed by atoms with Crippen molar-refractivity contribution in [3.8, 4) is 0 Å². The highest BCUT2D eigenvalue weighted by molar-refractivity contribution is 5.16. The van der Waals surface area contributed by atoms with Gasteiger partial charge in [-0.25, -0.2) is 0 Å². The van der Waals surface area contributed by atoms with Gasteiger partial charge in [0.25, 0.3) is 0 Å². The zero-order chi connectivity index (χ0) is 12.5. The predicted molar refractivity (Wildman–Crippen MR) is 71.8 cm³/mol. The van der Waals surface area contributed by atoms with E-state index >= 15 is 0 Å². The van der Waals surface area contributed by atoms with E-state index in [1.54, 1.807) is 0 Å². The zero-order valence-corrected chi connectivity index (χ0v) is 11.1. The highest BCUT2D eigenvalue weighted by atomic mass is 16.3. The third-order valence-electron chi connectivity index (χ3n) is 3.21. The Morgan fingerprint density at radius 3 is 2.53 bits per heavy atom. The lowest BCUT2D eigenvalue weighted by molar-refractivity contribution is -0.693. The Kier molecular flexibility index (Phi) is 6.90. The van der Waals surface area contributed by atoms with E-state index in [0.717, 1.165) is 12.1 Å². The second-order valence-corrected chi connectivity index (χ2v) is 4.87. The molecule has 1 rings (SSSR count). The summed E-state index contributed by atoms with van der Waals surface area (Å²) in [5.74, 6) is 0. The fourth-order valence-corrected chi connectivity index (χ4v) is 2.01. The van der Waals surface area contributed by atoms with Crippen LogP contribution in [0.1, 0.15) is 51.2 Å². The molecule has 2 atom stereocenters. The largest absolute Gasteiger partial charge is 0.382 e. The van der Waals surface area contributed by atoms with E-state index in [1.165, 1.54) is 25.7 Å². The van der Waals surface area contributed by atoms with Gasteiger partial charge in [0, 0.05) is 0 Å². The molecule has 2 heteroatoms. The molecule has 1 aromatic rings. The molecule has 0 aliphatic carbocycles. The average Bonchev–Trinajstić information content (AvgIpc) is 2.37. The zero-order valence-electron chi connectivity index (χ0n) is 11.1. The van der Waals surface area contributed by atoms with Crippen molar-refractivity contribution in [1.82, 2.24) is 0 Å². The molecule has 0 fully saturated rings. The molecule has 17 heavy (non-hydrogen) atoms. The number of benzene rings is 1. The Bertz CT molecular complexity index is 286. The standard InChI is InChI=1S/C15H25NO/c1-3-4-6-9-13(2)16-12-15(17)14-10-7-5-8-11-14/h5,7-8,10-11,13,15-17H,3-4,6,9,12H2,1-2H3/p+1/t13-,15-/m0/s1. The SMILES string of the molecule is CCCCC[C@H](C)[NH2+]C[C@H](O)c1ccccc1. The molecule has 0 radical (unpaired) electrons. The molecule has 2 nitrogen and oxygen atoms in total. The van der Waals surface area contributed by atoms with Gasteiger partial charge in [-0.1, -0.05) is 50.1 Å². The van der Waals surface area contributed by atoms with E-state index in [9.17, 15) is 5.11 Å². The van der Waals surface area contributed by atoms with E-state index < -0.39 is 0 Å². The van der Waals surface area contributed by atoms with Gasteiger partial charge >= 0.3 is 0 Å². The minimum absolute atomic E-state index is 0.343. The van der Waals surface area contributed by atoms with Crippen molar-refractivity contribution < 1.29 is 10.4 Å². The first-order chi connectivity index (χ1) is 8.24. The van der Waals surface area contributed by atoms with Crippen molar-refractivity contribution in [3.05, 3.63) is 35.9 Å². The van der Waals surface area contributed by atoms with Gasteiger partial charge in [-0.15, -0.1) is 0 Å². The Morgan fingerprint density at radius 2 is 1.88 bits per heavy atom. The number of hydrogen-bond donors (Lipinski definition) is 2. The van der Waals surface area contributed by atoms with Crippen molar-refractivity contribution in [2.45, 2.75) is 51.7 Å². The molecule has 0 bridgehead atoms. The van der Waals surface area contributed by atoms with Crippen molar-refractivity contribution in [2.24, 2.45) is 0 Å². The summed E-state index contributed by atoms with van der Waals surface area (Å²) in [7, 11) is 0. The highest BCUT2D eigenvalue weighted by Crippen LogP contribution is 2.09. The van der Waals surface area contributed by atoms with E-state index in [-0.39, 0.29) is 6.10 Å². The molecule has 0 saturated carbocycles. The Labute approximate surface area is 105 Å². The van der Waals surface area contributed by atoms with Crippen LogP contribution in [0.15, 0.2) is 30.3 Å². The maximum Gasteiger partial charge on any atom is 0.128 e. The van der Waals surface area contributed by atoms with Gasteiger partial charge in [0.15, 0.2) is 0 Å². The molecule has 1 aromatic carbocycles. The summed E-state index contributed by atoms with van der Waals surface area (Å²) in [5, 5.41) is 12.3. The first-order valence-corrected chi connectivity index (χ1v) is 6.80. The van der Waals surface area contributed by atoms with Crippen LogP contribution >= 0.6 is 0 Å². The molecule has 96 valence electrons. The monoisotopic (exact) mass is 236 g/mol. The molecule has 0 amide bonds. The van der Waals surface area contributed by atoms with Crippen LogP contribution in [-0.4, -0.2) is 17.7 Å². The van der Waals surface area contributed by atoms with E-state index in [1.807, 2.05) is 30.3 Å². The maximum atomic E-state index is 10.0. The van der Waals surface area contributed by atoms with Crippen LogP contribution in [0, 0.1) is 0 Å². The van der Waals surface area contributed by atoms with Crippen LogP contribution in [0.25, 0.3) is 0 Å². The first kappa shape index (κ1) is 14.2. The molecule has 3 N–H and O–H groups in total. The quantitative estimate of drug-likeness (QED) is 0.667. The summed E-state index contributed by atoms with van der Waals surface area (Å²) in [6, 6.07) is 10.5. The summed E-state index contributed by atoms with van der Waals surface area (Å²) >= 11 is 0. The number of nitrogens with two attached hydrogens (primary N) is 1. The van der Waals surface area contributed by atoms with Crippen molar-refractivity contribution in [2.75, 3.05) is 6.54 Å². The lowest BCUT2D eigenvalue weighted by Gasteiger charge is -2.14. The van der Waals surface area contributed by atoms with Crippen molar-refractivity contribution >= 4 is 0 Å². The van der Waals surface area contributed by atoms with Crippen LogP contribution in [0.3, 0.4) is 0 Å². The van der Waals surface area contributed by atoms with Crippen molar-refractivity contribution in [1.29, 1.82) is 0 Å². The lowest BCUT2D eigenvalue weighted by atomic mass is 10.1. The normalized spacial score (nSPS) is 14.5. The fourth-order valence-electron chi connectivity index (χ4n) is 2.01. The summed E-state index contributed by atoms with van der Waals surface area (Å²) in [5.41, 5.74) is 1.02. The topological polar surface area (TPSA) is 36.8 Å². The van der Waals surface area contributed by atoms with Crippen LogP contribution in [-0.2, 0) is 0 Å². The number of unbranched alkanes of at least 4 members (excludes halogenated alkanes) is 2. The maximum absolute atomic E-state index is 10.0. The van der Waals surface area contributed by atoms with Gasteiger partial charge in [0.2, 0.25) is 0 Å². The molecular formula is C15H26NO+. The molecule has 0 aliphatic heterocycles. The predicted octanol–water partition coefficient (Wildman–Crippen LogP) is 2.25. The number of aliphatic hydroxyl groups is 1. The van der Waals surface area contributed by atoms with Gasteiger partial charge in [-0.05, 0) is 25.3 Å². The Balaban J connectivity index is 2.21. The number of hydrogen-bond acceptors (Lipinski definition) is 1. The number of rotatable bonds is 8. The summed E-state index contributed by atoms with van der Waals surface area (Å²) < 4.78 is 0. The van der Waals surface area contributed by atoms with E-state index in [2.05, 4.69) is 19.2 Å². The minimum Gasteiger partial charge on any atom is -0.382 e. The molecule has 0 aromatic heterocycles. The summed E-state index contributed by atoms with van der Waals surface area (Å²) in [6.07, 6.45) is 4.80. The third kappa shape index (κ3) is 5.85. The first-order valence-electron chi connectivity index (χ1n) is 6.80. The molecule has 0 unspecified atom stereocenters. The molecule has 0 aliphatic rings. The molecule has 0 heterocycles. The third-order valence-corrected chi connectivity index (χ3v) is 3.21. The second-order valence-electron chi connectivity index (χ2n) is 4.87. The lowest BCUT2D eigenvalue weighted by Crippen LogP contribution is -2.90. The number of quaternary nitrogens is 1. The van der Waals surface area contributed by atoms with Crippen LogP contribution in [0.4, 0.5) is 0 Å². The van der Waals surface area contributed by atoms with E-state index in [4.69, 9.17) is 0 Å². The second kappa shape index (κ2) is 8.26. The smallest absolute Gasteiger partial charge is 0.128 e. The average molecular weight is 236 g/mol. The van der Waals surface area contributed by atoms with Crippen LogP contribution in [0.2, 0.25) is 0 Å². The fraction of sp³-hybridized carbons (Fsp3) is 0.600. The van der Waals surface area contributed by atoms with Gasteiger partial charge in [0.1, 0.15) is 12.6 Å². The van der Waals surface area contributed by atoms with Gasteiger partial charge < -0.3 is 10.4 Å². The van der Waals surface area contributed by atoms with Gasteiger partial charge in [-0.3, -0.25) is 0 Å². The van der Waals surface area contributed by atoms with Crippen LogP contribution < -0.4 is 5.32 Å². The Hall–Kier alpha value is -0.860. The summed E-state index contributed by atoms with van der Waals surface area (Å²) in [6.45, 7) is 5.23. The van der Waals surface area contributed by atoms with Crippen LogP contribution in [0.5, 0.6) is 0 Å².